The predicted molar refractivity (Wildman–Crippen MR) is 141 cm³/mol. The van der Waals surface area contributed by atoms with Crippen LogP contribution in [0.5, 0.6) is 0 Å². The third-order valence-corrected chi connectivity index (χ3v) is 6.39. The molecule has 0 atom stereocenters. The lowest BCUT2D eigenvalue weighted by Gasteiger charge is -2.22. The minimum Gasteiger partial charge on any atom is -0.504 e. The van der Waals surface area contributed by atoms with Gasteiger partial charge in [-0.3, -0.25) is 10.1 Å². The number of hydrogen-bond donors (Lipinski definition) is 4. The fraction of sp³-hybridized carbons (Fsp3) is 0.304. The molecule has 0 fully saturated rings. The molecule has 0 saturated carbocycles. The van der Waals surface area contributed by atoms with Gasteiger partial charge in [-0.2, -0.15) is 0 Å². The second-order valence-corrected chi connectivity index (χ2v) is 11.7. The van der Waals surface area contributed by atoms with Crippen molar-refractivity contribution in [3.8, 4) is 0 Å². The zero-order valence-electron chi connectivity index (χ0n) is 20.5. The number of rotatable bonds is 8. The number of nitrogens with zero attached hydrogens (tertiary/aromatic N) is 2. The number of thiophene rings is 1. The maximum atomic E-state index is 12.4. The molecule has 3 rings (SSSR count). The Labute approximate surface area is 213 Å². The quantitative estimate of drug-likeness (QED) is 0.254. The number of fused-ring (bicyclic) bond motifs is 1. The van der Waals surface area contributed by atoms with Crippen LogP contribution in [0, 0.1) is 0 Å². The Kier molecular flexibility index (Phi) is 8.28. The van der Waals surface area contributed by atoms with E-state index < -0.39 is 22.0 Å². The molecule has 0 bridgehead atoms. The van der Waals surface area contributed by atoms with Crippen LogP contribution in [0.2, 0.25) is 0 Å². The molecule has 3 amide bonds. The van der Waals surface area contributed by atoms with Crippen LogP contribution < -0.4 is 20.7 Å². The molecular weight excluding hydrogens is 504 g/mol. The van der Waals surface area contributed by atoms with E-state index in [9.17, 15) is 18.0 Å². The number of carbonyl (C=O) groups excluding carboxylic acids is 2. The molecule has 1 aromatic carbocycles. The molecule has 0 aliphatic heterocycles. The Hall–Kier alpha value is -3.55. The number of carbonyl (C=O) groups is 2. The van der Waals surface area contributed by atoms with E-state index in [4.69, 9.17) is 0 Å². The number of sulfonamides is 1. The van der Waals surface area contributed by atoms with Crippen molar-refractivity contribution in [2.45, 2.75) is 32.7 Å². The largest absolute Gasteiger partial charge is 0.504 e. The molecule has 11 nitrogen and oxygen atoms in total. The van der Waals surface area contributed by atoms with Gasteiger partial charge in [0.1, 0.15) is 12.1 Å². The highest BCUT2D eigenvalue weighted by Gasteiger charge is 2.21. The van der Waals surface area contributed by atoms with Gasteiger partial charge >= 0.3 is 6.03 Å². The average Bonchev–Trinajstić information content (AvgIpc) is 3.22. The van der Waals surface area contributed by atoms with Crippen LogP contribution >= 0.6 is 11.3 Å². The van der Waals surface area contributed by atoms with E-state index in [0.717, 1.165) is 28.5 Å². The zero-order valence-corrected chi connectivity index (χ0v) is 22.1. The van der Waals surface area contributed by atoms with Gasteiger partial charge in [-0.05, 0) is 40.1 Å². The van der Waals surface area contributed by atoms with Crippen molar-refractivity contribution in [3.63, 3.8) is 0 Å². The summed E-state index contributed by atoms with van der Waals surface area (Å²) in [5, 5.41) is 11.4. The smallest absolute Gasteiger partial charge is 0.326 e. The Bertz CT molecular complexity index is 1410. The van der Waals surface area contributed by atoms with E-state index in [2.05, 4.69) is 35.4 Å². The summed E-state index contributed by atoms with van der Waals surface area (Å²) in [4.78, 5) is 33.1. The van der Waals surface area contributed by atoms with Gasteiger partial charge in [0, 0.05) is 23.7 Å². The van der Waals surface area contributed by atoms with Crippen molar-refractivity contribution in [2.24, 2.45) is 0 Å². The van der Waals surface area contributed by atoms with Gasteiger partial charge in [-0.25, -0.2) is 27.9 Å². The molecule has 2 heterocycles. The highest BCUT2D eigenvalue weighted by atomic mass is 32.2. The number of methoxy groups -OCH3 is 1. The predicted octanol–water partition coefficient (Wildman–Crippen LogP) is 3.59. The number of aromatic nitrogens is 2. The van der Waals surface area contributed by atoms with Crippen LogP contribution in [-0.2, 0) is 31.5 Å². The minimum absolute atomic E-state index is 0.178. The number of anilines is 3. The van der Waals surface area contributed by atoms with Gasteiger partial charge in [0.15, 0.2) is 0 Å². The lowest BCUT2D eigenvalue weighted by Crippen LogP contribution is -2.33. The zero-order chi connectivity index (χ0) is 26.5. The third-order valence-electron chi connectivity index (χ3n) is 4.83. The van der Waals surface area contributed by atoms with Gasteiger partial charge < -0.3 is 15.4 Å². The summed E-state index contributed by atoms with van der Waals surface area (Å²) in [5.41, 5.74) is 2.52. The summed E-state index contributed by atoms with van der Waals surface area (Å²) in [6.07, 6.45) is 4.83. The van der Waals surface area contributed by atoms with Crippen LogP contribution in [-0.4, -0.2) is 43.7 Å². The van der Waals surface area contributed by atoms with Crippen LogP contribution in [0.4, 0.5) is 21.3 Å². The number of benzene rings is 1. The molecule has 0 unspecified atom stereocenters. The Morgan fingerprint density at radius 2 is 1.92 bits per heavy atom. The van der Waals surface area contributed by atoms with Gasteiger partial charge in [-0.1, -0.05) is 20.8 Å². The van der Waals surface area contributed by atoms with Crippen molar-refractivity contribution in [2.75, 3.05) is 24.0 Å². The topological polar surface area (TPSA) is 151 Å². The van der Waals surface area contributed by atoms with Crippen molar-refractivity contribution in [1.82, 2.24) is 20.0 Å². The average molecular weight is 533 g/mol. The molecule has 0 saturated heterocycles. The monoisotopic (exact) mass is 532 g/mol. The second-order valence-electron chi connectivity index (χ2n) is 8.91. The molecule has 192 valence electrons. The summed E-state index contributed by atoms with van der Waals surface area (Å²) in [6.45, 7) is 6.26. The van der Waals surface area contributed by atoms with Crippen molar-refractivity contribution >= 4 is 60.7 Å². The lowest BCUT2D eigenvalue weighted by atomic mass is 9.85. The first-order valence-electron chi connectivity index (χ1n) is 10.8. The second kappa shape index (κ2) is 11.0. The highest BCUT2D eigenvalue weighted by molar-refractivity contribution is 7.88. The van der Waals surface area contributed by atoms with E-state index in [1.54, 1.807) is 6.07 Å². The van der Waals surface area contributed by atoms with Crippen LogP contribution in [0.15, 0.2) is 42.2 Å². The van der Waals surface area contributed by atoms with Gasteiger partial charge in [0.25, 0.3) is 5.91 Å². The first kappa shape index (κ1) is 27.0. The van der Waals surface area contributed by atoms with E-state index in [1.165, 1.54) is 31.0 Å². The number of ether oxygens (including phenoxy) is 1. The van der Waals surface area contributed by atoms with Crippen LogP contribution in [0.3, 0.4) is 0 Å². The first-order chi connectivity index (χ1) is 16.9. The van der Waals surface area contributed by atoms with Crippen LogP contribution in [0.25, 0.3) is 10.9 Å². The normalized spacial score (nSPS) is 12.0. The molecule has 4 N–H and O–H groups in total. The highest BCUT2D eigenvalue weighted by Crippen LogP contribution is 2.35. The van der Waals surface area contributed by atoms with E-state index in [1.807, 2.05) is 38.3 Å². The number of nitrogens with one attached hydrogen (secondary N) is 4. The minimum atomic E-state index is -3.30. The summed E-state index contributed by atoms with van der Waals surface area (Å²) in [6, 6.07) is 4.67. The molecule has 0 aliphatic rings. The maximum Gasteiger partial charge on any atom is 0.326 e. The summed E-state index contributed by atoms with van der Waals surface area (Å²) in [7, 11) is -1.91. The fourth-order valence-corrected chi connectivity index (χ4v) is 4.46. The molecule has 0 aliphatic carbocycles. The summed E-state index contributed by atoms with van der Waals surface area (Å²) < 4.78 is 29.9. The summed E-state index contributed by atoms with van der Waals surface area (Å²) >= 11 is 1.40. The van der Waals surface area contributed by atoms with Crippen molar-refractivity contribution in [3.05, 3.63) is 53.4 Å². The molecule has 13 heteroatoms. The van der Waals surface area contributed by atoms with Gasteiger partial charge in [0.05, 0.1) is 30.1 Å². The Balaban J connectivity index is 1.93. The van der Waals surface area contributed by atoms with Crippen molar-refractivity contribution < 1.29 is 22.7 Å². The van der Waals surface area contributed by atoms with Crippen LogP contribution in [0.1, 0.15) is 31.9 Å². The first-order valence-corrected chi connectivity index (χ1v) is 13.5. The number of amides is 3. The molecule has 0 spiro atoms. The van der Waals surface area contributed by atoms with E-state index in [-0.39, 0.29) is 12.0 Å². The standard InChI is InChI=1S/C23H28N6O5S2/c1-23(2,3)17-10-15(27-22(31)28-18(30)6-7-34-4)9-16-20(17)24-13-25-21(16)29-19-8-14(12-35-19)11-26-36(5,32)33/h6-10,12-13,26H,11H2,1-5H3,(H,24,25,29)(H2,27,28,30,31)/b7-6+. The summed E-state index contributed by atoms with van der Waals surface area (Å²) in [5.74, 6) is -0.117. The number of hydrogen-bond acceptors (Lipinski definition) is 9. The SMILES string of the molecule is CO/C=C/C(=O)NC(=O)Nc1cc(C(C)(C)C)c2ncnc(Nc3cc(CNS(C)(=O)=O)cs3)c2c1. The number of imide groups is 1. The third kappa shape index (κ3) is 7.47. The van der Waals surface area contributed by atoms with E-state index >= 15 is 0 Å². The fourth-order valence-electron chi connectivity index (χ4n) is 3.22. The molecular formula is C23H28N6O5S2. The maximum absolute atomic E-state index is 12.4. The number of urea groups is 1. The molecule has 2 aromatic heterocycles. The van der Waals surface area contributed by atoms with Gasteiger partial charge in [-0.15, -0.1) is 11.3 Å². The lowest BCUT2D eigenvalue weighted by molar-refractivity contribution is -0.115. The molecule has 3 aromatic rings. The van der Waals surface area contributed by atoms with Gasteiger partial charge in [0.2, 0.25) is 10.0 Å². The Morgan fingerprint density at radius 1 is 1.17 bits per heavy atom. The Morgan fingerprint density at radius 3 is 2.58 bits per heavy atom. The van der Waals surface area contributed by atoms with Crippen molar-refractivity contribution in [1.29, 1.82) is 0 Å². The molecule has 0 radical (unpaired) electrons. The van der Waals surface area contributed by atoms with E-state index in [0.29, 0.717) is 22.4 Å². The molecule has 36 heavy (non-hydrogen) atoms.